The third-order valence-corrected chi connectivity index (χ3v) is 0. The molecular formula is H8CaFOP. The van der Waals surface area contributed by atoms with Crippen LogP contribution in [0, 0.1) is 0 Å². The van der Waals surface area contributed by atoms with E-state index in [1.54, 1.807) is 0 Å². The van der Waals surface area contributed by atoms with Gasteiger partial charge < -0.3 is 5.48 Å². The van der Waals surface area contributed by atoms with Crippen LogP contribution >= 0.6 is 9.90 Å². The van der Waals surface area contributed by atoms with Gasteiger partial charge in [0.2, 0.25) is 0 Å². The molecule has 0 aliphatic carbocycles. The van der Waals surface area contributed by atoms with Gasteiger partial charge in [-0.2, -0.15) is 9.90 Å². The average Bonchev–Trinajstić information content (AvgIpc) is 0. The van der Waals surface area contributed by atoms with Gasteiger partial charge in [0, 0.05) is 0 Å². The molecule has 0 aliphatic heterocycles. The van der Waals surface area contributed by atoms with Crippen LogP contribution in [-0.4, -0.2) is 43.2 Å². The fourth-order valence-electron chi connectivity index (χ4n) is 0. The summed E-state index contributed by atoms with van der Waals surface area (Å²) >= 11 is 0. The SMILES string of the molecule is F.O.P.[CaH2]. The van der Waals surface area contributed by atoms with Gasteiger partial charge in [0.15, 0.2) is 0 Å². The zero-order valence-corrected chi connectivity index (χ0v) is 3.03. The molecular weight excluding hydrogens is 106 g/mol. The molecule has 4 heavy (non-hydrogen) atoms. The molecule has 0 heterocycles. The molecule has 1 unspecified atom stereocenters. The molecule has 0 saturated heterocycles. The summed E-state index contributed by atoms with van der Waals surface area (Å²) in [4.78, 5) is 0. The Kier molecular flexibility index (Phi) is 276. The van der Waals surface area contributed by atoms with Crippen LogP contribution in [0.25, 0.3) is 0 Å². The number of hydrogen-bond acceptors (Lipinski definition) is 0. The van der Waals surface area contributed by atoms with Crippen molar-refractivity contribution in [3.05, 3.63) is 0 Å². The molecule has 0 aromatic carbocycles. The Morgan fingerprint density at radius 3 is 1.00 bits per heavy atom. The molecule has 0 aliphatic rings. The van der Waals surface area contributed by atoms with Crippen molar-refractivity contribution < 1.29 is 10.2 Å². The molecule has 0 rings (SSSR count). The first kappa shape index (κ1) is 46.9. The maximum atomic E-state index is 0. The molecule has 0 radical (unpaired) electrons. The van der Waals surface area contributed by atoms with Crippen molar-refractivity contribution in [2.45, 2.75) is 0 Å². The van der Waals surface area contributed by atoms with E-state index in [1.807, 2.05) is 0 Å². The molecule has 0 bridgehead atoms. The van der Waals surface area contributed by atoms with Crippen molar-refractivity contribution in [2.75, 3.05) is 0 Å². The van der Waals surface area contributed by atoms with E-state index in [9.17, 15) is 0 Å². The van der Waals surface area contributed by atoms with Gasteiger partial charge in [0.25, 0.3) is 0 Å². The van der Waals surface area contributed by atoms with Crippen LogP contribution in [-0.2, 0) is 0 Å². The van der Waals surface area contributed by atoms with Crippen molar-refractivity contribution in [1.29, 1.82) is 0 Å². The van der Waals surface area contributed by atoms with Gasteiger partial charge in [-0.3, -0.25) is 4.70 Å². The van der Waals surface area contributed by atoms with Crippen LogP contribution in [0.15, 0.2) is 0 Å². The molecule has 1 nitrogen and oxygen atoms in total. The van der Waals surface area contributed by atoms with Crippen LogP contribution in [0.4, 0.5) is 4.70 Å². The van der Waals surface area contributed by atoms with Gasteiger partial charge in [-0.25, -0.2) is 0 Å². The summed E-state index contributed by atoms with van der Waals surface area (Å²) in [7, 11) is 0. The average molecular weight is 114 g/mol. The molecule has 0 aromatic rings. The summed E-state index contributed by atoms with van der Waals surface area (Å²) in [6, 6.07) is 0. The van der Waals surface area contributed by atoms with E-state index in [0.717, 1.165) is 0 Å². The summed E-state index contributed by atoms with van der Waals surface area (Å²) in [5.41, 5.74) is 0. The topological polar surface area (TPSA) is 31.5 Å². The molecule has 0 saturated carbocycles. The molecule has 0 spiro atoms. The van der Waals surface area contributed by atoms with E-state index >= 15 is 0 Å². The maximum absolute atomic E-state index is 0. The second-order valence-corrected chi connectivity index (χ2v) is 0. The molecule has 4 heteroatoms. The summed E-state index contributed by atoms with van der Waals surface area (Å²) in [5.74, 6) is 0. The zero-order chi connectivity index (χ0) is 0. The Bertz CT molecular complexity index is 8.00. The van der Waals surface area contributed by atoms with E-state index in [-0.39, 0.29) is 57.8 Å². The number of rotatable bonds is 0. The third-order valence-electron chi connectivity index (χ3n) is 0. The quantitative estimate of drug-likeness (QED) is 0.270. The number of hydrogen-bond donors (Lipinski definition) is 0. The van der Waals surface area contributed by atoms with E-state index in [0.29, 0.717) is 0 Å². The zero-order valence-electron chi connectivity index (χ0n) is 1.62. The predicted molar refractivity (Wildman–Crippen MR) is 25.8 cm³/mol. The normalized spacial score (nSPS) is 0. The van der Waals surface area contributed by atoms with Gasteiger partial charge in [0.05, 0.1) is 0 Å². The second kappa shape index (κ2) is 23.5. The van der Waals surface area contributed by atoms with Crippen LogP contribution in [0.2, 0.25) is 0 Å². The monoisotopic (exact) mass is 114 g/mol. The van der Waals surface area contributed by atoms with Crippen molar-refractivity contribution in [3.63, 3.8) is 0 Å². The van der Waals surface area contributed by atoms with Crippen LogP contribution in [0.3, 0.4) is 0 Å². The van der Waals surface area contributed by atoms with Gasteiger partial charge >= 0.3 is 37.7 Å². The fraction of sp³-hybridized carbons (Fsp3) is 0. The van der Waals surface area contributed by atoms with Crippen LogP contribution in [0.5, 0.6) is 0 Å². The Morgan fingerprint density at radius 2 is 1.00 bits per heavy atom. The first-order chi connectivity index (χ1) is 0. The first-order valence-electron chi connectivity index (χ1n) is 0. The molecule has 0 fully saturated rings. The minimum atomic E-state index is 0. The van der Waals surface area contributed by atoms with Crippen molar-refractivity contribution >= 4 is 47.6 Å². The van der Waals surface area contributed by atoms with E-state index in [2.05, 4.69) is 0 Å². The molecule has 2 N–H and O–H groups in total. The standard InChI is InChI=1S/Ca.FH.H2O.H3P.2H/h;1H;1H2;1H3;;. The van der Waals surface area contributed by atoms with E-state index in [4.69, 9.17) is 0 Å². The summed E-state index contributed by atoms with van der Waals surface area (Å²) in [6.07, 6.45) is 0. The van der Waals surface area contributed by atoms with Crippen molar-refractivity contribution in [1.82, 2.24) is 0 Å². The minimum absolute atomic E-state index is 0. The number of halogens is 1. The van der Waals surface area contributed by atoms with Gasteiger partial charge in [-0.1, -0.05) is 0 Å². The molecule has 28 valence electrons. The Hall–Kier alpha value is 1.58. The van der Waals surface area contributed by atoms with Gasteiger partial charge in [0.1, 0.15) is 0 Å². The molecule has 1 atom stereocenters. The summed E-state index contributed by atoms with van der Waals surface area (Å²) in [6.45, 7) is 0. The Morgan fingerprint density at radius 1 is 1.00 bits per heavy atom. The summed E-state index contributed by atoms with van der Waals surface area (Å²) in [5, 5.41) is 0. The Labute approximate surface area is 57.4 Å². The van der Waals surface area contributed by atoms with Gasteiger partial charge in [-0.15, -0.1) is 0 Å². The third kappa shape index (κ3) is 9.55. The van der Waals surface area contributed by atoms with E-state index in [1.165, 1.54) is 0 Å². The van der Waals surface area contributed by atoms with E-state index < -0.39 is 0 Å². The van der Waals surface area contributed by atoms with Crippen LogP contribution in [0.1, 0.15) is 0 Å². The first-order valence-corrected chi connectivity index (χ1v) is 0. The second-order valence-electron chi connectivity index (χ2n) is 0. The summed E-state index contributed by atoms with van der Waals surface area (Å²) < 4.78 is 0. The van der Waals surface area contributed by atoms with Crippen LogP contribution < -0.4 is 0 Å². The van der Waals surface area contributed by atoms with Crippen molar-refractivity contribution in [3.8, 4) is 0 Å². The fourth-order valence-corrected chi connectivity index (χ4v) is 0. The Balaban J connectivity index is 0. The molecule has 0 aromatic heterocycles. The predicted octanol–water partition coefficient (Wildman–Crippen LogP) is -1.53. The van der Waals surface area contributed by atoms with Crippen molar-refractivity contribution in [2.24, 2.45) is 0 Å². The van der Waals surface area contributed by atoms with Gasteiger partial charge in [-0.05, 0) is 0 Å². The molecule has 0 amide bonds.